The molecule has 0 saturated carbocycles. The Labute approximate surface area is 441 Å². The van der Waals surface area contributed by atoms with Gasteiger partial charge in [-0.1, -0.05) is 105 Å². The van der Waals surface area contributed by atoms with E-state index in [0.29, 0.717) is 36.8 Å². The van der Waals surface area contributed by atoms with Crippen molar-refractivity contribution in [3.05, 3.63) is 119 Å². The van der Waals surface area contributed by atoms with Crippen LogP contribution in [0.25, 0.3) is 21.7 Å². The molecule has 0 unspecified atom stereocenters. The van der Waals surface area contributed by atoms with Crippen molar-refractivity contribution in [2.24, 2.45) is 5.73 Å². The molecule has 2 saturated heterocycles. The third-order valence-electron chi connectivity index (χ3n) is 14.7. The maximum Gasteiger partial charge on any atom is 0.246 e. The molecule has 3 aliphatic heterocycles. The molecular formula is C57H68N10O9. The number of nitrogens with one attached hydrogen (secondary N) is 7. The van der Waals surface area contributed by atoms with Gasteiger partial charge in [0.1, 0.15) is 42.3 Å². The van der Waals surface area contributed by atoms with Gasteiger partial charge in [0.05, 0.1) is 6.42 Å². The van der Waals surface area contributed by atoms with Crippen LogP contribution >= 0.6 is 0 Å². The highest BCUT2D eigenvalue weighted by Gasteiger charge is 2.43. The molecule has 0 radical (unpaired) electrons. The Morgan fingerprint density at radius 3 is 2.22 bits per heavy atom. The van der Waals surface area contributed by atoms with E-state index >= 15 is 9.59 Å². The number of unbranched alkanes of at least 4 members (excludes halogenated alkanes) is 1. The molecule has 1 aromatic heterocycles. The molecule has 8 rings (SSSR count). The van der Waals surface area contributed by atoms with Gasteiger partial charge in [0.25, 0.3) is 0 Å². The van der Waals surface area contributed by atoms with Crippen LogP contribution in [0.2, 0.25) is 0 Å². The lowest BCUT2D eigenvalue weighted by atomic mass is 9.91. The number of primary amides is 1. The highest BCUT2D eigenvalue weighted by atomic mass is 16.2. The summed E-state index contributed by atoms with van der Waals surface area (Å²) in [6.07, 6.45) is 4.24. The van der Waals surface area contributed by atoms with E-state index in [0.717, 1.165) is 39.2 Å². The Morgan fingerprint density at radius 2 is 1.45 bits per heavy atom. The Hall–Kier alpha value is -8.09. The van der Waals surface area contributed by atoms with Gasteiger partial charge in [0, 0.05) is 62.9 Å². The molecule has 9 amide bonds. The summed E-state index contributed by atoms with van der Waals surface area (Å²) in [5.41, 5.74) is 9.70. The maximum atomic E-state index is 15.6. The van der Waals surface area contributed by atoms with Gasteiger partial charge in [-0.25, -0.2) is 0 Å². The van der Waals surface area contributed by atoms with Crippen molar-refractivity contribution in [1.29, 1.82) is 0 Å². The summed E-state index contributed by atoms with van der Waals surface area (Å²) < 4.78 is 0. The minimum absolute atomic E-state index is 0.00168. The van der Waals surface area contributed by atoms with Crippen molar-refractivity contribution in [1.82, 2.24) is 46.7 Å². The van der Waals surface area contributed by atoms with Gasteiger partial charge in [-0.3, -0.25) is 43.2 Å². The largest absolute Gasteiger partial charge is 0.368 e. The lowest BCUT2D eigenvalue weighted by Crippen LogP contribution is -2.62. The van der Waals surface area contributed by atoms with Crippen LogP contribution in [0.1, 0.15) is 93.9 Å². The average Bonchev–Trinajstić information content (AvgIpc) is 4.09. The molecule has 0 spiro atoms. The number of benzene rings is 4. The summed E-state index contributed by atoms with van der Waals surface area (Å²) in [6, 6.07) is 19.9. The molecule has 2 fully saturated rings. The fraction of sp³-hybridized carbons (Fsp3) is 0.421. The van der Waals surface area contributed by atoms with Crippen LogP contribution in [0, 0.1) is 0 Å². The quantitative estimate of drug-likeness (QED) is 0.0965. The van der Waals surface area contributed by atoms with Gasteiger partial charge in [0.15, 0.2) is 0 Å². The summed E-state index contributed by atoms with van der Waals surface area (Å²) in [7, 11) is 0. The molecule has 19 nitrogen and oxygen atoms in total. The third kappa shape index (κ3) is 13.2. The normalized spacial score (nSPS) is 22.8. The Kier molecular flexibility index (Phi) is 17.8. The van der Waals surface area contributed by atoms with Gasteiger partial charge in [0.2, 0.25) is 53.2 Å². The zero-order valence-corrected chi connectivity index (χ0v) is 43.0. The van der Waals surface area contributed by atoms with E-state index in [1.165, 1.54) is 16.7 Å². The highest BCUT2D eigenvalue weighted by Crippen LogP contribution is 2.28. The van der Waals surface area contributed by atoms with Crippen LogP contribution in [-0.4, -0.2) is 123 Å². The number of aromatic amines is 1. The van der Waals surface area contributed by atoms with Gasteiger partial charge < -0.3 is 52.4 Å². The second-order valence-corrected chi connectivity index (χ2v) is 20.2. The number of H-pyrrole nitrogens is 1. The van der Waals surface area contributed by atoms with Gasteiger partial charge in [-0.05, 0) is 77.6 Å². The number of hydrogen-bond acceptors (Lipinski definition) is 9. The van der Waals surface area contributed by atoms with Crippen LogP contribution in [0.5, 0.6) is 0 Å². The number of nitrogens with two attached hydrogens (primary N) is 1. The van der Waals surface area contributed by atoms with E-state index < -0.39 is 102 Å². The fourth-order valence-corrected chi connectivity index (χ4v) is 10.7. The summed E-state index contributed by atoms with van der Waals surface area (Å²) in [4.78, 5) is 134. The molecular weight excluding hydrogens is 969 g/mol. The predicted octanol–water partition coefficient (Wildman–Crippen LogP) is 2.86. The van der Waals surface area contributed by atoms with Crippen molar-refractivity contribution in [3.8, 4) is 0 Å². The lowest BCUT2D eigenvalue weighted by Gasteiger charge is -2.39. The summed E-state index contributed by atoms with van der Waals surface area (Å²) in [6.45, 7) is 3.40. The van der Waals surface area contributed by atoms with E-state index in [1.807, 2.05) is 97.9 Å². The van der Waals surface area contributed by atoms with E-state index in [1.54, 1.807) is 6.20 Å². The number of fused-ring (bicyclic) bond motifs is 5. The van der Waals surface area contributed by atoms with Crippen molar-refractivity contribution < 1.29 is 43.2 Å². The standard InChI is InChI=1S/C57H68N10O9/c1-3-4-19-44(61-34(2)68)52(71)64-47-31-50(69)59-25-12-11-21-43(51(58)70)62-53(72)45(29-40-32-60-42-20-10-9-18-41(40)42)63-55(74)49-30-38-16-7-8-17-39(38)33-67(49)57(76)46(65-54(73)48-22-13-26-66(48)56(47)75)28-35-23-24-36-14-5-6-15-37(36)27-35/h5-10,14-18,20,23-24,27,32,43-49,60H,3-4,11-13,19,21-22,25-26,28-31,33H2,1-2H3,(H2,58,70)(H,59,69)(H,61,68)(H,62,72)(H,63,74)(H,64,71)(H,65,73)/t43-,44-,45-,46+,47-,48-,49-/m0/s1. The molecule has 5 aromatic rings. The summed E-state index contributed by atoms with van der Waals surface area (Å²) in [5.74, 6) is -5.76. The first-order chi connectivity index (χ1) is 36.7. The SMILES string of the molecule is CCCC[C@H](NC(C)=O)C(=O)N[C@H]1CC(=O)NCCCC[C@@H](C(N)=O)NC(=O)[C@H](Cc2c[nH]c3ccccc23)NC(=O)[C@@H]2Cc3ccccc3CN2C(=O)[C@@H](Cc2ccc3ccccc3c2)NC(=O)[C@@H]2CCCN2C1=O. The van der Waals surface area contributed by atoms with E-state index in [2.05, 4.69) is 36.9 Å². The van der Waals surface area contributed by atoms with Crippen molar-refractivity contribution in [3.63, 3.8) is 0 Å². The number of carbonyl (C=O) groups excluding carboxylic acids is 9. The molecule has 0 aliphatic carbocycles. The Morgan fingerprint density at radius 1 is 0.724 bits per heavy atom. The maximum absolute atomic E-state index is 15.6. The van der Waals surface area contributed by atoms with Crippen LogP contribution in [-0.2, 0) is 69.0 Å². The Balaban J connectivity index is 1.17. The van der Waals surface area contributed by atoms with Crippen molar-refractivity contribution >= 4 is 74.8 Å². The number of nitrogens with zero attached hydrogens (tertiary/aromatic N) is 2. The molecule has 4 aromatic carbocycles. The number of amides is 9. The molecule has 3 aliphatic rings. The highest BCUT2D eigenvalue weighted by molar-refractivity contribution is 5.99. The van der Waals surface area contributed by atoms with E-state index in [-0.39, 0.29) is 58.2 Å². The van der Waals surface area contributed by atoms with Crippen LogP contribution < -0.4 is 37.6 Å². The minimum atomic E-state index is -1.45. The van der Waals surface area contributed by atoms with Crippen LogP contribution in [0.15, 0.2) is 97.2 Å². The second-order valence-electron chi connectivity index (χ2n) is 20.2. The predicted molar refractivity (Wildman–Crippen MR) is 284 cm³/mol. The van der Waals surface area contributed by atoms with Crippen LogP contribution in [0.3, 0.4) is 0 Å². The summed E-state index contributed by atoms with van der Waals surface area (Å²) >= 11 is 0. The minimum Gasteiger partial charge on any atom is -0.368 e. The van der Waals surface area contributed by atoms with Crippen molar-refractivity contribution in [2.45, 2.75) is 140 Å². The number of rotatable bonds is 11. The molecule has 9 N–H and O–H groups in total. The van der Waals surface area contributed by atoms with Crippen LogP contribution in [0.4, 0.5) is 0 Å². The zero-order chi connectivity index (χ0) is 53.9. The molecule has 76 heavy (non-hydrogen) atoms. The average molecular weight is 1040 g/mol. The molecule has 19 heteroatoms. The third-order valence-corrected chi connectivity index (χ3v) is 14.7. The number of carbonyl (C=O) groups is 9. The first-order valence-electron chi connectivity index (χ1n) is 26.4. The lowest BCUT2D eigenvalue weighted by molar-refractivity contribution is -0.147. The molecule has 7 atom stereocenters. The van der Waals surface area contributed by atoms with E-state index in [4.69, 9.17) is 5.73 Å². The second kappa shape index (κ2) is 25.0. The number of para-hydroxylation sites is 1. The van der Waals surface area contributed by atoms with E-state index in [9.17, 15) is 33.6 Å². The van der Waals surface area contributed by atoms with Gasteiger partial charge in [-0.15, -0.1) is 0 Å². The van der Waals surface area contributed by atoms with Crippen molar-refractivity contribution in [2.75, 3.05) is 13.1 Å². The first-order valence-corrected chi connectivity index (χ1v) is 26.4. The number of aromatic nitrogens is 1. The molecule has 400 valence electrons. The topological polar surface area (TPSA) is 274 Å². The first kappa shape index (κ1) is 54.2. The van der Waals surface area contributed by atoms with Gasteiger partial charge in [-0.2, -0.15) is 0 Å². The zero-order valence-electron chi connectivity index (χ0n) is 43.0. The Bertz CT molecular complexity index is 2990. The smallest absolute Gasteiger partial charge is 0.246 e. The molecule has 0 bridgehead atoms. The summed E-state index contributed by atoms with van der Waals surface area (Å²) in [5, 5.41) is 19.6. The molecule has 4 heterocycles. The monoisotopic (exact) mass is 1040 g/mol. The number of hydrogen-bond donors (Lipinski definition) is 8. The van der Waals surface area contributed by atoms with Gasteiger partial charge >= 0.3 is 0 Å². The fourth-order valence-electron chi connectivity index (χ4n) is 10.7.